The third-order valence-corrected chi connectivity index (χ3v) is 3.59. The summed E-state index contributed by atoms with van der Waals surface area (Å²) in [6, 6.07) is 0.529. The van der Waals surface area contributed by atoms with E-state index in [-0.39, 0.29) is 18.0 Å². The molecule has 20 heavy (non-hydrogen) atoms. The predicted molar refractivity (Wildman–Crippen MR) is 77.1 cm³/mol. The Morgan fingerprint density at radius 2 is 2.25 bits per heavy atom. The van der Waals surface area contributed by atoms with E-state index in [1.807, 2.05) is 20.0 Å². The van der Waals surface area contributed by atoms with Crippen LogP contribution in [0.5, 0.6) is 0 Å². The largest absolute Gasteiger partial charge is 0.352 e. The molecule has 0 bridgehead atoms. The lowest BCUT2D eigenvalue weighted by Crippen LogP contribution is -2.37. The average molecular weight is 279 g/mol. The number of carbonyl (C=O) groups excluding carboxylic acids is 1. The summed E-state index contributed by atoms with van der Waals surface area (Å²) in [5.41, 5.74) is 0.887. The van der Waals surface area contributed by atoms with Crippen molar-refractivity contribution in [3.63, 3.8) is 0 Å². The van der Waals surface area contributed by atoms with E-state index in [0.717, 1.165) is 25.1 Å². The molecule has 1 saturated carbocycles. The van der Waals surface area contributed by atoms with Gasteiger partial charge < -0.3 is 10.6 Å². The summed E-state index contributed by atoms with van der Waals surface area (Å²) in [6.45, 7) is 6.72. The van der Waals surface area contributed by atoms with E-state index in [4.69, 9.17) is 0 Å². The first kappa shape index (κ1) is 15.0. The van der Waals surface area contributed by atoms with Gasteiger partial charge in [-0.2, -0.15) is 0 Å². The Kier molecular flexibility index (Phi) is 5.11. The van der Waals surface area contributed by atoms with Gasteiger partial charge in [0.1, 0.15) is 6.04 Å². The molecular formula is C14H25N5O. The number of nitrogens with zero attached hydrogens (tertiary/aromatic N) is 3. The van der Waals surface area contributed by atoms with Gasteiger partial charge >= 0.3 is 0 Å². The van der Waals surface area contributed by atoms with Crippen LogP contribution in [-0.2, 0) is 11.3 Å². The number of aromatic nitrogens is 3. The average Bonchev–Trinajstić information content (AvgIpc) is 3.13. The van der Waals surface area contributed by atoms with Crippen LogP contribution in [0.15, 0.2) is 6.20 Å². The highest BCUT2D eigenvalue weighted by Gasteiger charge is 2.21. The summed E-state index contributed by atoms with van der Waals surface area (Å²) >= 11 is 0. The molecule has 112 valence electrons. The molecule has 6 nitrogen and oxygen atoms in total. The molecule has 6 heteroatoms. The minimum atomic E-state index is -0.323. The Bertz CT molecular complexity index is 441. The normalized spacial score (nSPS) is 17.8. The van der Waals surface area contributed by atoms with Crippen LogP contribution in [0.4, 0.5) is 0 Å². The van der Waals surface area contributed by atoms with Crippen molar-refractivity contribution < 1.29 is 4.79 Å². The van der Waals surface area contributed by atoms with Crippen LogP contribution in [0, 0.1) is 0 Å². The first-order chi connectivity index (χ1) is 9.60. The quantitative estimate of drug-likeness (QED) is 0.754. The van der Waals surface area contributed by atoms with Gasteiger partial charge in [0.15, 0.2) is 0 Å². The monoisotopic (exact) mass is 279 g/mol. The van der Waals surface area contributed by atoms with E-state index in [2.05, 4.69) is 27.9 Å². The van der Waals surface area contributed by atoms with Gasteiger partial charge in [-0.15, -0.1) is 5.10 Å². The summed E-state index contributed by atoms with van der Waals surface area (Å²) in [5.74, 6) is -0.00227. The lowest BCUT2D eigenvalue weighted by Gasteiger charge is -2.16. The van der Waals surface area contributed by atoms with Gasteiger partial charge in [-0.3, -0.25) is 4.79 Å². The zero-order valence-electron chi connectivity index (χ0n) is 12.6. The van der Waals surface area contributed by atoms with Crippen molar-refractivity contribution in [2.24, 2.45) is 0 Å². The van der Waals surface area contributed by atoms with Crippen LogP contribution in [0.3, 0.4) is 0 Å². The van der Waals surface area contributed by atoms with Gasteiger partial charge in [0.05, 0.1) is 11.9 Å². The highest BCUT2D eigenvalue weighted by Crippen LogP contribution is 2.19. The molecule has 0 aliphatic heterocycles. The van der Waals surface area contributed by atoms with Gasteiger partial charge in [0.25, 0.3) is 0 Å². The maximum Gasteiger partial charge on any atom is 0.244 e. The Hall–Kier alpha value is -1.43. The topological polar surface area (TPSA) is 71.8 Å². The van der Waals surface area contributed by atoms with Crippen molar-refractivity contribution >= 4 is 5.91 Å². The van der Waals surface area contributed by atoms with Crippen LogP contribution in [0.25, 0.3) is 0 Å². The molecule has 1 aliphatic rings. The number of hydrogen-bond acceptors (Lipinski definition) is 4. The Morgan fingerprint density at radius 1 is 1.50 bits per heavy atom. The zero-order valence-corrected chi connectivity index (χ0v) is 12.6. The smallest absolute Gasteiger partial charge is 0.244 e. The minimum Gasteiger partial charge on any atom is -0.352 e. The molecule has 2 unspecified atom stereocenters. The van der Waals surface area contributed by atoms with Crippen molar-refractivity contribution in [3.8, 4) is 0 Å². The SMILES string of the molecule is CCCC(C)NC(=O)C(C)n1cc(CNC2CC2)nn1. The van der Waals surface area contributed by atoms with Crippen molar-refractivity contribution in [2.45, 2.75) is 71.1 Å². The molecular weight excluding hydrogens is 254 g/mol. The third kappa shape index (κ3) is 4.30. The van der Waals surface area contributed by atoms with E-state index < -0.39 is 0 Å². The molecule has 2 atom stereocenters. The molecule has 1 amide bonds. The fourth-order valence-corrected chi connectivity index (χ4v) is 2.11. The fraction of sp³-hybridized carbons (Fsp3) is 0.786. The fourth-order valence-electron chi connectivity index (χ4n) is 2.11. The summed E-state index contributed by atoms with van der Waals surface area (Å²) in [5, 5.41) is 14.6. The van der Waals surface area contributed by atoms with E-state index >= 15 is 0 Å². The van der Waals surface area contributed by atoms with Gasteiger partial charge in [0, 0.05) is 18.6 Å². The molecule has 2 rings (SSSR count). The summed E-state index contributed by atoms with van der Waals surface area (Å²) in [6.07, 6.45) is 6.41. The summed E-state index contributed by atoms with van der Waals surface area (Å²) in [7, 11) is 0. The first-order valence-corrected chi connectivity index (χ1v) is 7.54. The highest BCUT2D eigenvalue weighted by atomic mass is 16.2. The van der Waals surface area contributed by atoms with Crippen LogP contribution in [-0.4, -0.2) is 33.0 Å². The molecule has 0 saturated heterocycles. The van der Waals surface area contributed by atoms with Crippen molar-refractivity contribution in [1.29, 1.82) is 0 Å². The molecule has 2 N–H and O–H groups in total. The molecule has 0 aromatic carbocycles. The van der Waals surface area contributed by atoms with Gasteiger partial charge in [-0.25, -0.2) is 4.68 Å². The molecule has 1 aromatic heterocycles. The Labute approximate surface area is 120 Å². The van der Waals surface area contributed by atoms with Crippen molar-refractivity contribution in [3.05, 3.63) is 11.9 Å². The van der Waals surface area contributed by atoms with E-state index in [1.54, 1.807) is 4.68 Å². The van der Waals surface area contributed by atoms with Crippen LogP contribution < -0.4 is 10.6 Å². The Morgan fingerprint density at radius 3 is 2.90 bits per heavy atom. The van der Waals surface area contributed by atoms with Crippen molar-refractivity contribution in [1.82, 2.24) is 25.6 Å². The second-order valence-corrected chi connectivity index (χ2v) is 5.72. The van der Waals surface area contributed by atoms with Gasteiger partial charge in [-0.05, 0) is 33.1 Å². The molecule has 0 spiro atoms. The second kappa shape index (κ2) is 6.83. The van der Waals surface area contributed by atoms with E-state index in [9.17, 15) is 4.79 Å². The predicted octanol–water partition coefficient (Wildman–Crippen LogP) is 1.40. The molecule has 1 aromatic rings. The molecule has 1 heterocycles. The number of hydrogen-bond donors (Lipinski definition) is 2. The second-order valence-electron chi connectivity index (χ2n) is 5.72. The van der Waals surface area contributed by atoms with E-state index in [0.29, 0.717) is 6.04 Å². The third-order valence-electron chi connectivity index (χ3n) is 3.59. The van der Waals surface area contributed by atoms with Crippen LogP contribution in [0.1, 0.15) is 58.2 Å². The first-order valence-electron chi connectivity index (χ1n) is 7.54. The van der Waals surface area contributed by atoms with Gasteiger partial charge in [0.2, 0.25) is 5.91 Å². The van der Waals surface area contributed by atoms with Crippen molar-refractivity contribution in [2.75, 3.05) is 0 Å². The molecule has 0 radical (unpaired) electrons. The summed E-state index contributed by atoms with van der Waals surface area (Å²) < 4.78 is 1.64. The lowest BCUT2D eigenvalue weighted by molar-refractivity contribution is -0.124. The standard InChI is InChI=1S/C14H25N5O/c1-4-5-10(2)16-14(20)11(3)19-9-13(17-18-19)8-15-12-6-7-12/h9-12,15H,4-8H2,1-3H3,(H,16,20). The number of rotatable bonds is 8. The number of nitrogens with one attached hydrogen (secondary N) is 2. The maximum atomic E-state index is 12.1. The maximum absolute atomic E-state index is 12.1. The lowest BCUT2D eigenvalue weighted by atomic mass is 10.2. The van der Waals surface area contributed by atoms with Crippen LogP contribution in [0.2, 0.25) is 0 Å². The summed E-state index contributed by atoms with van der Waals surface area (Å²) in [4.78, 5) is 12.1. The Balaban J connectivity index is 1.83. The highest BCUT2D eigenvalue weighted by molar-refractivity contribution is 5.79. The number of carbonyl (C=O) groups is 1. The van der Waals surface area contributed by atoms with E-state index in [1.165, 1.54) is 12.8 Å². The van der Waals surface area contributed by atoms with Crippen LogP contribution >= 0.6 is 0 Å². The zero-order chi connectivity index (χ0) is 14.5. The molecule has 1 aliphatic carbocycles. The van der Waals surface area contributed by atoms with Gasteiger partial charge in [-0.1, -0.05) is 18.6 Å². The molecule has 1 fully saturated rings. The number of amides is 1. The minimum absolute atomic E-state index is 0.00227.